The van der Waals surface area contributed by atoms with Gasteiger partial charge in [-0.25, -0.2) is 9.18 Å². The fourth-order valence-electron chi connectivity index (χ4n) is 3.70. The third-order valence-corrected chi connectivity index (χ3v) is 5.05. The Balaban J connectivity index is 1.81. The largest absolute Gasteiger partial charge is 0.490 e. The maximum absolute atomic E-state index is 13.6. The zero-order valence-corrected chi connectivity index (χ0v) is 15.7. The average Bonchev–Trinajstić information content (AvgIpc) is 2.68. The van der Waals surface area contributed by atoms with E-state index in [1.165, 1.54) is 18.2 Å². The zero-order valence-electron chi connectivity index (χ0n) is 15.7. The number of rotatable bonds is 3. The molecule has 3 aromatic rings. The number of benzene rings is 2. The van der Waals surface area contributed by atoms with Gasteiger partial charge in [0, 0.05) is 17.1 Å². The molecule has 1 atom stereocenters. The summed E-state index contributed by atoms with van der Waals surface area (Å²) in [5.41, 5.74) is 0.944. The summed E-state index contributed by atoms with van der Waals surface area (Å²) in [6.07, 6.45) is 1.37. The summed E-state index contributed by atoms with van der Waals surface area (Å²) < 4.78 is 24.5. The van der Waals surface area contributed by atoms with Crippen LogP contribution in [0.5, 0.6) is 5.75 Å². The van der Waals surface area contributed by atoms with E-state index >= 15 is 0 Å². The normalized spacial score (nSPS) is 16.1. The number of carbonyl (C=O) groups excluding carboxylic acids is 1. The Hall–Kier alpha value is -3.15. The van der Waals surface area contributed by atoms with Gasteiger partial charge in [-0.15, -0.1) is 0 Å². The maximum Gasteiger partial charge on any atom is 0.349 e. The molecule has 0 bridgehead atoms. The van der Waals surface area contributed by atoms with Gasteiger partial charge in [-0.2, -0.15) is 0 Å². The highest BCUT2D eigenvalue weighted by molar-refractivity contribution is 6.08. The average molecular weight is 381 g/mol. The Labute approximate surface area is 161 Å². The number of amides is 1. The standard InChI is InChI=1S/C22H20FNO4/c1-3-27-19-6-4-5-15-12-17(22(26)28-20(15)19)21(25)24-13(2)7-8-14-11-16(23)9-10-18(14)24/h4-6,9-13H,3,7-8H2,1-2H3/t13-/m1/s1. The molecule has 0 fully saturated rings. The molecule has 2 heterocycles. The molecule has 5 nitrogen and oxygen atoms in total. The lowest BCUT2D eigenvalue weighted by molar-refractivity contribution is 0.0971. The molecule has 1 amide bonds. The second-order valence-electron chi connectivity index (χ2n) is 6.89. The van der Waals surface area contributed by atoms with E-state index in [9.17, 15) is 14.0 Å². The Bertz CT molecular complexity index is 1120. The van der Waals surface area contributed by atoms with Crippen molar-refractivity contribution in [3.8, 4) is 5.75 Å². The number of nitrogens with zero attached hydrogens (tertiary/aromatic N) is 1. The van der Waals surface area contributed by atoms with Gasteiger partial charge < -0.3 is 14.1 Å². The number of ether oxygens (including phenoxy) is 1. The van der Waals surface area contributed by atoms with Crippen molar-refractivity contribution in [3.05, 3.63) is 69.8 Å². The molecular weight excluding hydrogens is 361 g/mol. The van der Waals surface area contributed by atoms with Crippen molar-refractivity contribution in [2.75, 3.05) is 11.5 Å². The van der Waals surface area contributed by atoms with Gasteiger partial charge in [0.25, 0.3) is 5.91 Å². The van der Waals surface area contributed by atoms with Crippen LogP contribution in [0.3, 0.4) is 0 Å². The molecule has 0 N–H and O–H groups in total. The minimum absolute atomic E-state index is 0.0508. The molecule has 0 saturated heterocycles. The van der Waals surface area contributed by atoms with E-state index in [4.69, 9.17) is 9.15 Å². The van der Waals surface area contributed by atoms with Crippen molar-refractivity contribution in [2.24, 2.45) is 0 Å². The van der Waals surface area contributed by atoms with Crippen LogP contribution in [-0.4, -0.2) is 18.6 Å². The lowest BCUT2D eigenvalue weighted by Crippen LogP contribution is -2.43. The van der Waals surface area contributed by atoms with Crippen LogP contribution in [-0.2, 0) is 6.42 Å². The van der Waals surface area contributed by atoms with Gasteiger partial charge >= 0.3 is 5.63 Å². The van der Waals surface area contributed by atoms with E-state index in [1.807, 2.05) is 13.8 Å². The molecular formula is C22H20FNO4. The molecule has 0 aliphatic carbocycles. The van der Waals surface area contributed by atoms with E-state index in [-0.39, 0.29) is 17.4 Å². The van der Waals surface area contributed by atoms with Gasteiger partial charge in [0.05, 0.1) is 6.61 Å². The molecule has 0 spiro atoms. The predicted octanol–water partition coefficient (Wildman–Crippen LogP) is 4.31. The van der Waals surface area contributed by atoms with Crippen LogP contribution in [0.4, 0.5) is 10.1 Å². The Morgan fingerprint density at radius 1 is 1.29 bits per heavy atom. The van der Waals surface area contributed by atoms with Crippen molar-refractivity contribution in [2.45, 2.75) is 32.7 Å². The molecule has 0 radical (unpaired) electrons. The van der Waals surface area contributed by atoms with Crippen LogP contribution < -0.4 is 15.3 Å². The first-order chi connectivity index (χ1) is 13.5. The van der Waals surface area contributed by atoms with Crippen LogP contribution in [0.15, 0.2) is 51.7 Å². The van der Waals surface area contributed by atoms with Gasteiger partial charge in [0.1, 0.15) is 11.4 Å². The van der Waals surface area contributed by atoms with Crippen molar-refractivity contribution < 1.29 is 18.3 Å². The number of aryl methyl sites for hydroxylation is 1. The van der Waals surface area contributed by atoms with Crippen LogP contribution >= 0.6 is 0 Å². The molecule has 2 aromatic carbocycles. The number of hydrogen-bond donors (Lipinski definition) is 0. The SMILES string of the molecule is CCOc1cccc2cc(C(=O)N3c4ccc(F)cc4CC[C@H]3C)c(=O)oc12. The lowest BCUT2D eigenvalue weighted by Gasteiger charge is -2.35. The minimum Gasteiger partial charge on any atom is -0.490 e. The van der Waals surface area contributed by atoms with E-state index in [0.29, 0.717) is 41.9 Å². The lowest BCUT2D eigenvalue weighted by atomic mass is 9.95. The molecule has 6 heteroatoms. The summed E-state index contributed by atoms with van der Waals surface area (Å²) >= 11 is 0. The van der Waals surface area contributed by atoms with E-state index in [0.717, 1.165) is 5.56 Å². The number of fused-ring (bicyclic) bond motifs is 2. The van der Waals surface area contributed by atoms with Crippen LogP contribution in [0.1, 0.15) is 36.2 Å². The van der Waals surface area contributed by atoms with Crippen molar-refractivity contribution in [1.82, 2.24) is 0 Å². The van der Waals surface area contributed by atoms with Gasteiger partial charge in [0.2, 0.25) is 0 Å². The number of anilines is 1. The zero-order chi connectivity index (χ0) is 19.8. The highest BCUT2D eigenvalue weighted by Crippen LogP contribution is 2.33. The molecule has 4 rings (SSSR count). The summed E-state index contributed by atoms with van der Waals surface area (Å²) in [5, 5.41) is 0.609. The molecule has 1 aliphatic rings. The molecule has 144 valence electrons. The Morgan fingerprint density at radius 2 is 2.11 bits per heavy atom. The first-order valence-electron chi connectivity index (χ1n) is 9.31. The third-order valence-electron chi connectivity index (χ3n) is 5.05. The highest BCUT2D eigenvalue weighted by atomic mass is 19.1. The van der Waals surface area contributed by atoms with Crippen molar-refractivity contribution >= 4 is 22.6 Å². The predicted molar refractivity (Wildman–Crippen MR) is 105 cm³/mol. The molecule has 1 aromatic heterocycles. The second kappa shape index (κ2) is 7.11. The summed E-state index contributed by atoms with van der Waals surface area (Å²) in [5.74, 6) is -0.324. The van der Waals surface area contributed by atoms with Gasteiger partial charge in [-0.1, -0.05) is 12.1 Å². The summed E-state index contributed by atoms with van der Waals surface area (Å²) in [7, 11) is 0. The highest BCUT2D eigenvalue weighted by Gasteiger charge is 2.31. The first-order valence-corrected chi connectivity index (χ1v) is 9.31. The molecule has 28 heavy (non-hydrogen) atoms. The van der Waals surface area contributed by atoms with Gasteiger partial charge in [-0.05, 0) is 62.6 Å². The number of carbonyl (C=O) groups is 1. The minimum atomic E-state index is -0.717. The molecule has 1 aliphatic heterocycles. The van der Waals surface area contributed by atoms with Crippen LogP contribution in [0.25, 0.3) is 11.0 Å². The number of hydrogen-bond acceptors (Lipinski definition) is 4. The summed E-state index contributed by atoms with van der Waals surface area (Å²) in [6.45, 7) is 4.19. The summed E-state index contributed by atoms with van der Waals surface area (Å²) in [4.78, 5) is 27.4. The maximum atomic E-state index is 13.6. The quantitative estimate of drug-likeness (QED) is 0.634. The number of para-hydroxylation sites is 1. The first kappa shape index (κ1) is 18.2. The smallest absolute Gasteiger partial charge is 0.349 e. The fraction of sp³-hybridized carbons (Fsp3) is 0.273. The van der Waals surface area contributed by atoms with Crippen LogP contribution in [0.2, 0.25) is 0 Å². The number of halogens is 1. The second-order valence-corrected chi connectivity index (χ2v) is 6.89. The topological polar surface area (TPSA) is 59.8 Å². The van der Waals surface area contributed by atoms with E-state index in [1.54, 1.807) is 29.2 Å². The monoisotopic (exact) mass is 381 g/mol. The Kier molecular flexibility index (Phi) is 4.63. The fourth-order valence-corrected chi connectivity index (χ4v) is 3.70. The van der Waals surface area contributed by atoms with E-state index in [2.05, 4.69) is 0 Å². The van der Waals surface area contributed by atoms with Gasteiger partial charge in [0.15, 0.2) is 11.3 Å². The van der Waals surface area contributed by atoms with Crippen molar-refractivity contribution in [1.29, 1.82) is 0 Å². The summed E-state index contributed by atoms with van der Waals surface area (Å²) in [6, 6.07) is 11.0. The Morgan fingerprint density at radius 3 is 2.89 bits per heavy atom. The molecule has 0 unspecified atom stereocenters. The molecule has 0 saturated carbocycles. The van der Waals surface area contributed by atoms with Crippen LogP contribution in [0, 0.1) is 5.82 Å². The third kappa shape index (κ3) is 3.05. The van der Waals surface area contributed by atoms with Crippen molar-refractivity contribution in [3.63, 3.8) is 0 Å². The van der Waals surface area contributed by atoms with Gasteiger partial charge in [-0.3, -0.25) is 4.79 Å². The van der Waals surface area contributed by atoms with E-state index < -0.39 is 11.5 Å².